The smallest absolute Gasteiger partial charge is 0.338 e. The summed E-state index contributed by atoms with van der Waals surface area (Å²) in [6.07, 6.45) is 3.49. The first-order valence-electron chi connectivity index (χ1n) is 11.3. The second-order valence-corrected chi connectivity index (χ2v) is 10.7. The Hall–Kier alpha value is -2.13. The van der Waals surface area contributed by atoms with Gasteiger partial charge in [0.05, 0.1) is 12.7 Å². The van der Waals surface area contributed by atoms with E-state index in [-0.39, 0.29) is 28.2 Å². The van der Waals surface area contributed by atoms with Gasteiger partial charge in [-0.2, -0.15) is 4.31 Å². The van der Waals surface area contributed by atoms with Crippen molar-refractivity contribution in [3.05, 3.63) is 23.8 Å². The number of hydrogen-bond donors (Lipinski definition) is 0. The number of likely N-dealkylation sites (tertiary alicyclic amines) is 1. The summed E-state index contributed by atoms with van der Waals surface area (Å²) in [5, 5.41) is 0. The number of esters is 1. The first-order valence-corrected chi connectivity index (χ1v) is 12.8. The van der Waals surface area contributed by atoms with E-state index in [0.717, 1.165) is 32.1 Å². The molecule has 0 bridgehead atoms. The molecule has 0 radical (unpaired) electrons. The molecule has 2 atom stereocenters. The summed E-state index contributed by atoms with van der Waals surface area (Å²) in [6, 6.07) is 4.08. The van der Waals surface area contributed by atoms with Crippen LogP contribution in [0.4, 0.5) is 0 Å². The lowest BCUT2D eigenvalue weighted by Crippen LogP contribution is -2.44. The Morgan fingerprint density at radius 3 is 2.38 bits per heavy atom. The monoisotopic (exact) mass is 466 g/mol. The van der Waals surface area contributed by atoms with E-state index in [9.17, 15) is 18.0 Å². The molecule has 2 aliphatic heterocycles. The molecule has 1 aromatic carbocycles. The maximum absolute atomic E-state index is 13.3. The molecular weight excluding hydrogens is 432 g/mol. The first kappa shape index (κ1) is 24.5. The maximum atomic E-state index is 13.3. The summed E-state index contributed by atoms with van der Waals surface area (Å²) in [4.78, 5) is 27.1. The minimum atomic E-state index is -3.85. The van der Waals surface area contributed by atoms with Crippen LogP contribution in [0.25, 0.3) is 0 Å². The van der Waals surface area contributed by atoms with Gasteiger partial charge in [0, 0.05) is 25.7 Å². The van der Waals surface area contributed by atoms with Crippen LogP contribution in [0, 0.1) is 5.92 Å². The number of nitrogens with zero attached hydrogens (tertiary/aromatic N) is 2. The third-order valence-corrected chi connectivity index (χ3v) is 8.49. The number of benzene rings is 1. The summed E-state index contributed by atoms with van der Waals surface area (Å²) in [7, 11) is -2.46. The predicted molar refractivity (Wildman–Crippen MR) is 120 cm³/mol. The molecule has 2 saturated heterocycles. The van der Waals surface area contributed by atoms with Crippen LogP contribution < -0.4 is 4.74 Å². The molecule has 1 amide bonds. The number of amides is 1. The lowest BCUT2D eigenvalue weighted by Gasteiger charge is -2.32. The zero-order valence-corrected chi connectivity index (χ0v) is 20.2. The van der Waals surface area contributed by atoms with E-state index in [2.05, 4.69) is 6.92 Å². The number of hydrogen-bond acceptors (Lipinski definition) is 6. The molecule has 1 aromatic rings. The van der Waals surface area contributed by atoms with Crippen molar-refractivity contribution in [2.24, 2.45) is 5.92 Å². The third-order valence-electron chi connectivity index (χ3n) is 6.45. The molecule has 2 fully saturated rings. The minimum absolute atomic E-state index is 0.0628. The third kappa shape index (κ3) is 5.26. The van der Waals surface area contributed by atoms with Crippen molar-refractivity contribution in [2.75, 3.05) is 26.7 Å². The largest absolute Gasteiger partial charge is 0.495 e. The summed E-state index contributed by atoms with van der Waals surface area (Å²) in [5.41, 5.74) is 0.0703. The van der Waals surface area contributed by atoms with Crippen LogP contribution >= 0.6 is 0 Å². The highest BCUT2D eigenvalue weighted by atomic mass is 32.2. The van der Waals surface area contributed by atoms with Crippen LogP contribution in [0.1, 0.15) is 63.2 Å². The van der Waals surface area contributed by atoms with E-state index in [1.165, 1.54) is 29.6 Å². The highest BCUT2D eigenvalue weighted by Crippen LogP contribution is 2.32. The Bertz CT molecular complexity index is 940. The average Bonchev–Trinajstić information content (AvgIpc) is 2.78. The zero-order valence-electron chi connectivity index (χ0n) is 19.4. The zero-order chi connectivity index (χ0) is 23.5. The fraction of sp³-hybridized carbons (Fsp3) is 0.652. The molecule has 0 aromatic heterocycles. The number of carbonyl (C=O) groups is 2. The minimum Gasteiger partial charge on any atom is -0.495 e. The molecule has 32 heavy (non-hydrogen) atoms. The highest BCUT2D eigenvalue weighted by molar-refractivity contribution is 7.89. The molecular formula is C23H34N2O6S. The Morgan fingerprint density at radius 1 is 1.06 bits per heavy atom. The Morgan fingerprint density at radius 2 is 1.75 bits per heavy atom. The molecule has 3 rings (SSSR count). The quantitative estimate of drug-likeness (QED) is 0.598. The van der Waals surface area contributed by atoms with Gasteiger partial charge in [-0.1, -0.05) is 13.3 Å². The SMILES string of the molecule is COc1ccc(C(=O)O[C@@H](C)C(=O)N2CCC(C)CC2)cc1S(=O)(=O)N1CCCC[C@H]1C. The van der Waals surface area contributed by atoms with Crippen molar-refractivity contribution in [3.8, 4) is 5.75 Å². The number of rotatable bonds is 6. The van der Waals surface area contributed by atoms with Gasteiger partial charge in [-0.25, -0.2) is 13.2 Å². The van der Waals surface area contributed by atoms with Gasteiger partial charge >= 0.3 is 5.97 Å². The van der Waals surface area contributed by atoms with E-state index in [4.69, 9.17) is 9.47 Å². The number of ether oxygens (including phenoxy) is 2. The number of methoxy groups -OCH3 is 1. The van der Waals surface area contributed by atoms with Crippen LogP contribution in [0.2, 0.25) is 0 Å². The average molecular weight is 467 g/mol. The van der Waals surface area contributed by atoms with Crippen LogP contribution in [-0.2, 0) is 19.6 Å². The fourth-order valence-corrected chi connectivity index (χ4v) is 6.21. The van der Waals surface area contributed by atoms with E-state index < -0.39 is 22.1 Å². The van der Waals surface area contributed by atoms with Crippen LogP contribution in [0.5, 0.6) is 5.75 Å². The molecule has 0 saturated carbocycles. The summed E-state index contributed by atoms with van der Waals surface area (Å²) in [6.45, 7) is 7.33. The summed E-state index contributed by atoms with van der Waals surface area (Å²) >= 11 is 0. The normalized spacial score (nSPS) is 21.8. The predicted octanol–water partition coefficient (Wildman–Crippen LogP) is 3.06. The van der Waals surface area contributed by atoms with Crippen molar-refractivity contribution in [2.45, 2.75) is 69.9 Å². The van der Waals surface area contributed by atoms with Gasteiger partial charge in [0.2, 0.25) is 10.0 Å². The van der Waals surface area contributed by atoms with E-state index >= 15 is 0 Å². The number of carbonyl (C=O) groups excluding carboxylic acids is 2. The number of piperidine rings is 2. The van der Waals surface area contributed by atoms with E-state index in [1.54, 1.807) is 11.8 Å². The van der Waals surface area contributed by atoms with Crippen molar-refractivity contribution >= 4 is 21.9 Å². The molecule has 2 aliphatic rings. The van der Waals surface area contributed by atoms with Gasteiger partial charge < -0.3 is 14.4 Å². The van der Waals surface area contributed by atoms with Crippen molar-refractivity contribution in [1.82, 2.24) is 9.21 Å². The molecule has 0 N–H and O–H groups in total. The lowest BCUT2D eigenvalue weighted by molar-refractivity contribution is -0.141. The van der Waals surface area contributed by atoms with Gasteiger partial charge in [-0.3, -0.25) is 4.79 Å². The van der Waals surface area contributed by atoms with Gasteiger partial charge in [0.25, 0.3) is 5.91 Å². The van der Waals surface area contributed by atoms with E-state index in [1.807, 2.05) is 6.92 Å². The molecule has 0 aliphatic carbocycles. The van der Waals surface area contributed by atoms with Crippen molar-refractivity contribution in [1.29, 1.82) is 0 Å². The Kier molecular flexibility index (Phi) is 7.82. The Balaban J connectivity index is 1.78. The highest BCUT2D eigenvalue weighted by Gasteiger charge is 2.34. The molecule has 0 spiro atoms. The molecule has 8 nitrogen and oxygen atoms in total. The molecule has 9 heteroatoms. The van der Waals surface area contributed by atoms with Gasteiger partial charge in [0.1, 0.15) is 10.6 Å². The van der Waals surface area contributed by atoms with Crippen LogP contribution in [0.15, 0.2) is 23.1 Å². The van der Waals surface area contributed by atoms with Gasteiger partial charge in [0.15, 0.2) is 6.10 Å². The maximum Gasteiger partial charge on any atom is 0.338 e. The topological polar surface area (TPSA) is 93.2 Å². The summed E-state index contributed by atoms with van der Waals surface area (Å²) in [5.74, 6) is -0.208. The van der Waals surface area contributed by atoms with Crippen LogP contribution in [0.3, 0.4) is 0 Å². The van der Waals surface area contributed by atoms with Crippen molar-refractivity contribution < 1.29 is 27.5 Å². The molecule has 2 heterocycles. The van der Waals surface area contributed by atoms with Gasteiger partial charge in [-0.05, 0) is 63.6 Å². The fourth-order valence-electron chi connectivity index (χ4n) is 4.33. The van der Waals surface area contributed by atoms with E-state index in [0.29, 0.717) is 25.6 Å². The van der Waals surface area contributed by atoms with Crippen molar-refractivity contribution in [3.63, 3.8) is 0 Å². The molecule has 0 unspecified atom stereocenters. The number of sulfonamides is 1. The van der Waals surface area contributed by atoms with Gasteiger partial charge in [-0.15, -0.1) is 0 Å². The Labute approximate surface area is 190 Å². The lowest BCUT2D eigenvalue weighted by atomic mass is 9.99. The first-order chi connectivity index (χ1) is 15.1. The second kappa shape index (κ2) is 10.2. The second-order valence-electron chi connectivity index (χ2n) is 8.88. The summed E-state index contributed by atoms with van der Waals surface area (Å²) < 4.78 is 38.9. The van der Waals surface area contributed by atoms with Crippen LogP contribution in [-0.4, -0.2) is 68.4 Å². The molecule has 178 valence electrons. The standard InChI is InChI=1S/C23H34N2O6S/c1-16-10-13-24(14-11-16)22(26)18(3)31-23(27)19-8-9-20(30-4)21(15-19)32(28,29)25-12-6-5-7-17(25)2/h8-9,15-18H,5-7,10-14H2,1-4H3/t17-,18+/m1/s1.